The normalized spacial score (nSPS) is 19.4. The zero-order valence-electron chi connectivity index (χ0n) is 18.6. The number of hydrogen-bond acceptors (Lipinski definition) is 4. The van der Waals surface area contributed by atoms with Crippen molar-refractivity contribution < 1.29 is 13.2 Å². The Morgan fingerprint density at radius 3 is 2.47 bits per heavy atom. The molecule has 5 rings (SSSR count). The summed E-state index contributed by atoms with van der Waals surface area (Å²) >= 11 is 6.05. The Kier molecular flexibility index (Phi) is 5.91. The van der Waals surface area contributed by atoms with Gasteiger partial charge in [0.15, 0.2) is 5.84 Å². The van der Waals surface area contributed by atoms with E-state index in [1.807, 2.05) is 60.4 Å². The number of likely N-dealkylation sites (tertiary alicyclic amines) is 1. The van der Waals surface area contributed by atoms with Crippen LogP contribution in [0.4, 0.5) is 0 Å². The van der Waals surface area contributed by atoms with E-state index in [0.29, 0.717) is 29.4 Å². The van der Waals surface area contributed by atoms with E-state index in [4.69, 9.17) is 11.6 Å². The maximum Gasteiger partial charge on any atom is 0.285 e. The van der Waals surface area contributed by atoms with Crippen molar-refractivity contribution >= 4 is 33.4 Å². The average molecular weight is 494 g/mol. The molecule has 3 aromatic carbocycles. The second-order valence-corrected chi connectivity index (χ2v) is 10.6. The van der Waals surface area contributed by atoms with Crippen molar-refractivity contribution in [2.45, 2.75) is 36.7 Å². The van der Waals surface area contributed by atoms with E-state index in [1.165, 1.54) is 0 Å². The quantitative estimate of drug-likeness (QED) is 0.566. The number of carbonyl (C=O) groups is 1. The summed E-state index contributed by atoms with van der Waals surface area (Å²) < 4.78 is 29.1. The highest BCUT2D eigenvalue weighted by Crippen LogP contribution is 2.32. The van der Waals surface area contributed by atoms with Crippen LogP contribution in [-0.4, -0.2) is 37.6 Å². The molecule has 1 saturated heterocycles. The van der Waals surface area contributed by atoms with Crippen LogP contribution in [0.25, 0.3) is 11.1 Å². The highest BCUT2D eigenvalue weighted by Gasteiger charge is 2.39. The molecule has 2 atom stereocenters. The van der Waals surface area contributed by atoms with Crippen LogP contribution < -0.4 is 5.32 Å². The molecule has 2 heterocycles. The standard InChI is InChI=1S/C26H24ClN3O3S/c1-17(20-7-2-3-8-21(20)18-12-14-19(27)15-13-18)28-26(31)23-10-6-16-30(23)25-22-9-4-5-11-24(22)34(32,33)29-25/h2-5,7-9,11-15,17,23H,6,10,16H2,1H3,(H,28,31)/t17?,23-/m0/s1. The number of halogens is 1. The minimum Gasteiger partial charge on any atom is -0.348 e. The monoisotopic (exact) mass is 493 g/mol. The molecule has 1 amide bonds. The van der Waals surface area contributed by atoms with Gasteiger partial charge in [-0.2, -0.15) is 8.42 Å². The van der Waals surface area contributed by atoms with Crippen molar-refractivity contribution in [3.63, 3.8) is 0 Å². The van der Waals surface area contributed by atoms with Crippen LogP contribution in [-0.2, 0) is 14.8 Å². The molecule has 1 unspecified atom stereocenters. The smallest absolute Gasteiger partial charge is 0.285 e. The predicted molar refractivity (Wildman–Crippen MR) is 133 cm³/mol. The molecule has 0 spiro atoms. The fourth-order valence-electron chi connectivity index (χ4n) is 4.74. The number of sulfonamides is 1. The molecule has 6 nitrogen and oxygen atoms in total. The SMILES string of the molecule is CC(NC(=O)[C@@H]1CCCN1C1=NS(=O)(=O)c2ccccc21)c1ccccc1-c1ccc(Cl)cc1. The Hall–Kier alpha value is -3.16. The molecule has 2 aliphatic rings. The third kappa shape index (κ3) is 4.10. The lowest BCUT2D eigenvalue weighted by Gasteiger charge is -2.27. The van der Waals surface area contributed by atoms with E-state index in [1.54, 1.807) is 24.3 Å². The van der Waals surface area contributed by atoms with E-state index in [0.717, 1.165) is 23.1 Å². The van der Waals surface area contributed by atoms with Gasteiger partial charge in [-0.15, -0.1) is 4.40 Å². The first-order chi connectivity index (χ1) is 16.3. The summed E-state index contributed by atoms with van der Waals surface area (Å²) in [5, 5.41) is 3.82. The van der Waals surface area contributed by atoms with Gasteiger partial charge in [-0.05, 0) is 60.7 Å². The molecule has 0 radical (unpaired) electrons. The summed E-state index contributed by atoms with van der Waals surface area (Å²) in [4.78, 5) is 15.4. The van der Waals surface area contributed by atoms with Crippen LogP contribution in [0.2, 0.25) is 5.02 Å². The van der Waals surface area contributed by atoms with Gasteiger partial charge in [-0.25, -0.2) is 0 Å². The first kappa shape index (κ1) is 22.6. The summed E-state index contributed by atoms with van der Waals surface area (Å²) in [5.41, 5.74) is 3.60. The number of hydrogen-bond donors (Lipinski definition) is 1. The third-order valence-electron chi connectivity index (χ3n) is 6.38. The van der Waals surface area contributed by atoms with Gasteiger partial charge in [0, 0.05) is 17.1 Å². The zero-order chi connectivity index (χ0) is 23.9. The molecule has 174 valence electrons. The summed E-state index contributed by atoms with van der Waals surface area (Å²) in [6.45, 7) is 2.54. The molecule has 0 saturated carbocycles. The first-order valence-corrected chi connectivity index (χ1v) is 13.0. The van der Waals surface area contributed by atoms with Gasteiger partial charge in [-0.3, -0.25) is 4.79 Å². The average Bonchev–Trinajstić information content (AvgIpc) is 3.42. The predicted octanol–water partition coefficient (Wildman–Crippen LogP) is 4.80. The first-order valence-electron chi connectivity index (χ1n) is 11.2. The highest BCUT2D eigenvalue weighted by molar-refractivity contribution is 7.90. The number of nitrogens with one attached hydrogen (secondary N) is 1. The van der Waals surface area contributed by atoms with E-state index < -0.39 is 16.1 Å². The molecule has 2 aliphatic heterocycles. The van der Waals surface area contributed by atoms with Crippen LogP contribution in [0, 0.1) is 0 Å². The lowest BCUT2D eigenvalue weighted by molar-refractivity contribution is -0.125. The topological polar surface area (TPSA) is 78.8 Å². The summed E-state index contributed by atoms with van der Waals surface area (Å²) in [7, 11) is -3.74. The second-order valence-electron chi connectivity index (χ2n) is 8.56. The Morgan fingerprint density at radius 2 is 1.71 bits per heavy atom. The van der Waals surface area contributed by atoms with Crippen LogP contribution in [0.3, 0.4) is 0 Å². The van der Waals surface area contributed by atoms with Crippen molar-refractivity contribution in [2.75, 3.05) is 6.54 Å². The second kappa shape index (κ2) is 8.89. The van der Waals surface area contributed by atoms with E-state index in [9.17, 15) is 13.2 Å². The van der Waals surface area contributed by atoms with Crippen LogP contribution >= 0.6 is 11.6 Å². The van der Waals surface area contributed by atoms with Crippen LogP contribution in [0.5, 0.6) is 0 Å². The molecule has 8 heteroatoms. The number of fused-ring (bicyclic) bond motifs is 1. The largest absolute Gasteiger partial charge is 0.348 e. The van der Waals surface area contributed by atoms with Gasteiger partial charge in [-0.1, -0.05) is 60.1 Å². The minimum absolute atomic E-state index is 0.139. The van der Waals surface area contributed by atoms with Crippen molar-refractivity contribution in [3.05, 3.63) is 88.9 Å². The van der Waals surface area contributed by atoms with Crippen LogP contribution in [0.15, 0.2) is 82.1 Å². The Morgan fingerprint density at radius 1 is 1.03 bits per heavy atom. The minimum atomic E-state index is -3.74. The number of benzene rings is 3. The molecular weight excluding hydrogens is 470 g/mol. The van der Waals surface area contributed by atoms with Gasteiger partial charge in [0.05, 0.1) is 6.04 Å². The molecule has 0 aromatic heterocycles. The number of amides is 1. The van der Waals surface area contributed by atoms with Crippen molar-refractivity contribution in [2.24, 2.45) is 4.40 Å². The highest BCUT2D eigenvalue weighted by atomic mass is 35.5. The number of amidine groups is 1. The lowest BCUT2D eigenvalue weighted by atomic mass is 9.95. The molecule has 1 N–H and O–H groups in total. The third-order valence-corrected chi connectivity index (χ3v) is 7.96. The Bertz CT molecular complexity index is 1390. The van der Waals surface area contributed by atoms with Crippen LogP contribution in [0.1, 0.15) is 36.9 Å². The van der Waals surface area contributed by atoms with Gasteiger partial charge >= 0.3 is 0 Å². The van der Waals surface area contributed by atoms with Gasteiger partial charge in [0.25, 0.3) is 10.0 Å². The van der Waals surface area contributed by atoms with Crippen molar-refractivity contribution in [3.8, 4) is 11.1 Å². The summed E-state index contributed by atoms with van der Waals surface area (Å²) in [5.74, 6) is 0.225. The fourth-order valence-corrected chi connectivity index (χ4v) is 6.09. The van der Waals surface area contributed by atoms with E-state index >= 15 is 0 Å². The molecule has 0 bridgehead atoms. The van der Waals surface area contributed by atoms with Gasteiger partial charge < -0.3 is 10.2 Å². The fraction of sp³-hybridized carbons (Fsp3) is 0.231. The van der Waals surface area contributed by atoms with E-state index in [-0.39, 0.29) is 16.8 Å². The maximum absolute atomic E-state index is 13.4. The Labute approximate surface area is 204 Å². The number of rotatable bonds is 4. The number of carbonyl (C=O) groups excluding carboxylic acids is 1. The maximum atomic E-state index is 13.4. The van der Waals surface area contributed by atoms with Crippen molar-refractivity contribution in [1.82, 2.24) is 10.2 Å². The molecule has 34 heavy (non-hydrogen) atoms. The van der Waals surface area contributed by atoms with Crippen molar-refractivity contribution in [1.29, 1.82) is 0 Å². The zero-order valence-corrected chi connectivity index (χ0v) is 20.2. The lowest BCUT2D eigenvalue weighted by Crippen LogP contribution is -2.46. The molecule has 3 aromatic rings. The summed E-state index contributed by atoms with van der Waals surface area (Å²) in [6.07, 6.45) is 1.42. The van der Waals surface area contributed by atoms with E-state index in [2.05, 4.69) is 9.71 Å². The molecule has 1 fully saturated rings. The summed E-state index contributed by atoms with van der Waals surface area (Å²) in [6, 6.07) is 21.6. The van der Waals surface area contributed by atoms with Gasteiger partial charge in [0.1, 0.15) is 10.9 Å². The number of nitrogens with zero attached hydrogens (tertiary/aromatic N) is 2. The molecule has 0 aliphatic carbocycles. The Balaban J connectivity index is 1.39. The molecular formula is C26H24ClN3O3S. The van der Waals surface area contributed by atoms with Gasteiger partial charge in [0.2, 0.25) is 5.91 Å².